The second-order valence-electron chi connectivity index (χ2n) is 5.31. The van der Waals surface area contributed by atoms with Gasteiger partial charge in [-0.2, -0.15) is 5.26 Å². The second kappa shape index (κ2) is 4.95. The van der Waals surface area contributed by atoms with Crippen molar-refractivity contribution in [3.05, 3.63) is 30.1 Å². The van der Waals surface area contributed by atoms with Crippen LogP contribution < -0.4 is 10.2 Å². The zero-order valence-electron chi connectivity index (χ0n) is 10.8. The number of anilines is 1. The number of piperazine rings is 1. The molecule has 0 spiro atoms. The van der Waals surface area contributed by atoms with Gasteiger partial charge in [-0.15, -0.1) is 0 Å². The Balaban J connectivity index is 2.34. The van der Waals surface area contributed by atoms with Crippen molar-refractivity contribution in [2.75, 3.05) is 18.0 Å². The molecule has 18 heavy (non-hydrogen) atoms. The third-order valence-corrected chi connectivity index (χ3v) is 3.39. The average molecular weight is 247 g/mol. The first kappa shape index (κ1) is 12.8. The number of nitrogens with one attached hydrogen (secondary N) is 1. The van der Waals surface area contributed by atoms with Crippen LogP contribution in [0.15, 0.2) is 24.3 Å². The molecule has 1 heterocycles. The Morgan fingerprint density at radius 3 is 2.72 bits per heavy atom. The van der Waals surface area contributed by atoms with Gasteiger partial charge in [0.25, 0.3) is 0 Å². The summed E-state index contributed by atoms with van der Waals surface area (Å²) in [7, 11) is 0. The lowest BCUT2D eigenvalue weighted by Gasteiger charge is -2.49. The summed E-state index contributed by atoms with van der Waals surface area (Å²) >= 11 is 0. The van der Waals surface area contributed by atoms with Gasteiger partial charge in [-0.3, -0.25) is 0 Å². The second-order valence-corrected chi connectivity index (χ2v) is 5.31. The standard InChI is InChI=1S/C14H18FN3/c1-14(2)10-17-9-13(7-8-16)18(14)12-5-3-11(15)4-6-12/h3-6,13,17H,7,9-10H2,1-2H3. The van der Waals surface area contributed by atoms with Crippen molar-refractivity contribution in [1.29, 1.82) is 5.26 Å². The Morgan fingerprint density at radius 2 is 2.11 bits per heavy atom. The number of hydrogen-bond acceptors (Lipinski definition) is 3. The van der Waals surface area contributed by atoms with Crippen LogP contribution in [0.1, 0.15) is 20.3 Å². The molecule has 0 saturated carbocycles. The van der Waals surface area contributed by atoms with Crippen LogP contribution in [0.3, 0.4) is 0 Å². The van der Waals surface area contributed by atoms with E-state index in [0.29, 0.717) is 6.42 Å². The van der Waals surface area contributed by atoms with Gasteiger partial charge in [0.15, 0.2) is 0 Å². The zero-order valence-corrected chi connectivity index (χ0v) is 10.8. The minimum atomic E-state index is -0.233. The fraction of sp³-hybridized carbons (Fsp3) is 0.500. The number of rotatable bonds is 2. The van der Waals surface area contributed by atoms with Crippen molar-refractivity contribution in [2.45, 2.75) is 31.8 Å². The maximum Gasteiger partial charge on any atom is 0.123 e. The maximum absolute atomic E-state index is 13.0. The van der Waals surface area contributed by atoms with Gasteiger partial charge in [0.2, 0.25) is 0 Å². The Kier molecular flexibility index (Phi) is 3.53. The molecule has 1 fully saturated rings. The predicted octanol–water partition coefficient (Wildman–Crippen LogP) is 2.30. The quantitative estimate of drug-likeness (QED) is 0.871. The summed E-state index contributed by atoms with van der Waals surface area (Å²) in [4.78, 5) is 2.23. The fourth-order valence-corrected chi connectivity index (χ4v) is 2.65. The molecule has 4 heteroatoms. The van der Waals surface area contributed by atoms with Crippen LogP contribution in [0, 0.1) is 17.1 Å². The van der Waals surface area contributed by atoms with E-state index in [0.717, 1.165) is 18.8 Å². The Hall–Kier alpha value is -1.60. The van der Waals surface area contributed by atoms with Crippen LogP contribution in [-0.2, 0) is 0 Å². The van der Waals surface area contributed by atoms with E-state index in [1.54, 1.807) is 12.1 Å². The Morgan fingerprint density at radius 1 is 1.44 bits per heavy atom. The molecule has 0 bridgehead atoms. The van der Waals surface area contributed by atoms with Gasteiger partial charge in [-0.1, -0.05) is 0 Å². The highest BCUT2D eigenvalue weighted by Crippen LogP contribution is 2.29. The lowest BCUT2D eigenvalue weighted by molar-refractivity contribution is 0.324. The molecular formula is C14H18FN3. The molecule has 0 radical (unpaired) electrons. The number of hydrogen-bond donors (Lipinski definition) is 1. The van der Waals surface area contributed by atoms with Crippen molar-refractivity contribution in [2.24, 2.45) is 0 Å². The molecule has 1 atom stereocenters. The molecule has 0 amide bonds. The lowest BCUT2D eigenvalue weighted by Crippen LogP contribution is -2.63. The minimum absolute atomic E-state index is 0.0857. The van der Waals surface area contributed by atoms with Gasteiger partial charge in [-0.25, -0.2) is 4.39 Å². The maximum atomic E-state index is 13.0. The molecule has 0 aliphatic carbocycles. The van der Waals surface area contributed by atoms with Gasteiger partial charge in [0.05, 0.1) is 18.5 Å². The summed E-state index contributed by atoms with van der Waals surface area (Å²) in [6.07, 6.45) is 0.466. The largest absolute Gasteiger partial charge is 0.360 e. The van der Waals surface area contributed by atoms with Crippen LogP contribution in [0.4, 0.5) is 10.1 Å². The van der Waals surface area contributed by atoms with Crippen molar-refractivity contribution in [1.82, 2.24) is 5.32 Å². The first-order chi connectivity index (χ1) is 8.54. The van der Waals surface area contributed by atoms with Crippen molar-refractivity contribution in [3.8, 4) is 6.07 Å². The van der Waals surface area contributed by atoms with Crippen LogP contribution >= 0.6 is 0 Å². The monoisotopic (exact) mass is 247 g/mol. The molecule has 1 saturated heterocycles. The van der Waals surface area contributed by atoms with Gasteiger partial charge in [0.1, 0.15) is 5.82 Å². The summed E-state index contributed by atoms with van der Waals surface area (Å²) in [6, 6.07) is 8.87. The van der Waals surface area contributed by atoms with Gasteiger partial charge >= 0.3 is 0 Å². The molecular weight excluding hydrogens is 229 g/mol. The highest BCUT2D eigenvalue weighted by molar-refractivity contribution is 5.51. The van der Waals surface area contributed by atoms with Crippen LogP contribution in [0.2, 0.25) is 0 Å². The number of benzene rings is 1. The summed E-state index contributed by atoms with van der Waals surface area (Å²) < 4.78 is 13.0. The first-order valence-electron chi connectivity index (χ1n) is 6.17. The van der Waals surface area contributed by atoms with E-state index in [2.05, 4.69) is 30.1 Å². The lowest BCUT2D eigenvalue weighted by atomic mass is 9.94. The normalized spacial score (nSPS) is 22.6. The van der Waals surface area contributed by atoms with E-state index in [1.807, 2.05) is 0 Å². The van der Waals surface area contributed by atoms with E-state index in [-0.39, 0.29) is 17.4 Å². The molecule has 1 aliphatic rings. The Labute approximate surface area is 107 Å². The zero-order chi connectivity index (χ0) is 13.2. The summed E-state index contributed by atoms with van der Waals surface area (Å²) in [5, 5.41) is 12.3. The van der Waals surface area contributed by atoms with Gasteiger partial charge in [-0.05, 0) is 38.1 Å². The van der Waals surface area contributed by atoms with E-state index >= 15 is 0 Å². The molecule has 1 N–H and O–H groups in total. The van der Waals surface area contributed by atoms with Gasteiger partial charge in [0, 0.05) is 24.3 Å². The molecule has 1 unspecified atom stereocenters. The number of halogens is 1. The number of nitrogens with zero attached hydrogens (tertiary/aromatic N) is 2. The van der Waals surface area contributed by atoms with E-state index < -0.39 is 0 Å². The first-order valence-corrected chi connectivity index (χ1v) is 6.17. The molecule has 1 aromatic rings. The summed E-state index contributed by atoms with van der Waals surface area (Å²) in [6.45, 7) is 5.90. The smallest absolute Gasteiger partial charge is 0.123 e. The highest BCUT2D eigenvalue weighted by atomic mass is 19.1. The molecule has 96 valence electrons. The molecule has 1 aromatic carbocycles. The molecule has 0 aromatic heterocycles. The van der Waals surface area contributed by atoms with E-state index in [9.17, 15) is 4.39 Å². The molecule has 1 aliphatic heterocycles. The highest BCUT2D eigenvalue weighted by Gasteiger charge is 2.36. The third kappa shape index (κ3) is 2.46. The van der Waals surface area contributed by atoms with Crippen molar-refractivity contribution >= 4 is 5.69 Å². The van der Waals surface area contributed by atoms with E-state index in [1.165, 1.54) is 12.1 Å². The third-order valence-electron chi connectivity index (χ3n) is 3.39. The number of nitriles is 1. The van der Waals surface area contributed by atoms with Crippen LogP contribution in [0.5, 0.6) is 0 Å². The average Bonchev–Trinajstić information content (AvgIpc) is 2.31. The fourth-order valence-electron chi connectivity index (χ4n) is 2.65. The van der Waals surface area contributed by atoms with Crippen LogP contribution in [-0.4, -0.2) is 24.7 Å². The SMILES string of the molecule is CC1(C)CNCC(CC#N)N1c1ccc(F)cc1. The van der Waals surface area contributed by atoms with Crippen LogP contribution in [0.25, 0.3) is 0 Å². The predicted molar refractivity (Wildman–Crippen MR) is 69.8 cm³/mol. The van der Waals surface area contributed by atoms with Crippen molar-refractivity contribution < 1.29 is 4.39 Å². The Bertz CT molecular complexity index is 447. The van der Waals surface area contributed by atoms with Gasteiger partial charge < -0.3 is 10.2 Å². The summed E-state index contributed by atoms with van der Waals surface area (Å²) in [5.74, 6) is -0.233. The molecule has 3 nitrogen and oxygen atoms in total. The van der Waals surface area contributed by atoms with E-state index in [4.69, 9.17) is 5.26 Å². The summed E-state index contributed by atoms with van der Waals surface area (Å²) in [5.41, 5.74) is 0.889. The minimum Gasteiger partial charge on any atom is -0.360 e. The topological polar surface area (TPSA) is 39.1 Å². The molecule has 2 rings (SSSR count). The van der Waals surface area contributed by atoms with Crippen molar-refractivity contribution in [3.63, 3.8) is 0 Å².